The molecule has 2 aliphatic carbocycles. The maximum atomic E-state index is 11.1. The Kier molecular flexibility index (Phi) is 2.54. The number of rotatable bonds is 0. The Morgan fingerprint density at radius 1 is 1.50 bits per heavy atom. The summed E-state index contributed by atoms with van der Waals surface area (Å²) >= 11 is 0. The third kappa shape index (κ3) is 1.25. The summed E-state index contributed by atoms with van der Waals surface area (Å²) in [6.07, 6.45) is 3.79. The zero-order valence-corrected chi connectivity index (χ0v) is 11.1. The fourth-order valence-corrected chi connectivity index (χ4v) is 4.18. The maximum Gasteiger partial charge on any atom is 0.188 e. The van der Waals surface area contributed by atoms with Gasteiger partial charge >= 0.3 is 0 Å². The van der Waals surface area contributed by atoms with Crippen LogP contribution >= 0.6 is 0 Å². The molecule has 0 spiro atoms. The molecule has 5 atom stereocenters. The van der Waals surface area contributed by atoms with E-state index in [0.717, 1.165) is 24.8 Å². The van der Waals surface area contributed by atoms with Crippen molar-refractivity contribution in [1.82, 2.24) is 0 Å². The van der Waals surface area contributed by atoms with Gasteiger partial charge in [-0.2, -0.15) is 0 Å². The van der Waals surface area contributed by atoms with Crippen LogP contribution in [0.15, 0.2) is 23.8 Å². The second kappa shape index (κ2) is 3.69. The molecular formula is C15H22O3. The molecule has 0 aromatic rings. The fraction of sp³-hybridized carbons (Fsp3) is 0.733. The highest BCUT2D eigenvalue weighted by molar-refractivity contribution is 5.35. The predicted octanol–water partition coefficient (Wildman–Crippen LogP) is 2.00. The van der Waals surface area contributed by atoms with Crippen molar-refractivity contribution < 1.29 is 14.9 Å². The number of hydrogen-bond acceptors (Lipinski definition) is 3. The fourth-order valence-electron chi connectivity index (χ4n) is 4.18. The van der Waals surface area contributed by atoms with Crippen LogP contribution in [0.3, 0.4) is 0 Å². The van der Waals surface area contributed by atoms with Gasteiger partial charge in [0.1, 0.15) is 5.60 Å². The molecule has 3 aliphatic rings. The van der Waals surface area contributed by atoms with Gasteiger partial charge in [-0.3, -0.25) is 0 Å². The first-order chi connectivity index (χ1) is 8.41. The molecule has 1 saturated heterocycles. The molecule has 18 heavy (non-hydrogen) atoms. The molecule has 100 valence electrons. The van der Waals surface area contributed by atoms with Gasteiger partial charge in [0, 0.05) is 5.41 Å². The minimum absolute atomic E-state index is 0.242. The highest BCUT2D eigenvalue weighted by Gasteiger charge is 2.63. The Morgan fingerprint density at radius 2 is 2.22 bits per heavy atom. The second-order valence-electron chi connectivity index (χ2n) is 6.38. The summed E-state index contributed by atoms with van der Waals surface area (Å²) in [5.74, 6) is 0.743. The van der Waals surface area contributed by atoms with Gasteiger partial charge < -0.3 is 14.9 Å². The molecule has 2 N–H and O–H groups in total. The lowest BCUT2D eigenvalue weighted by Gasteiger charge is -2.55. The molecule has 1 saturated carbocycles. The zero-order valence-electron chi connectivity index (χ0n) is 11.1. The molecule has 0 amide bonds. The van der Waals surface area contributed by atoms with Gasteiger partial charge in [0.2, 0.25) is 0 Å². The number of fused-ring (bicyclic) bond motifs is 3. The van der Waals surface area contributed by atoms with E-state index in [4.69, 9.17) is 4.74 Å². The van der Waals surface area contributed by atoms with Crippen LogP contribution in [0, 0.1) is 17.3 Å². The Balaban J connectivity index is 2.10. The molecule has 3 rings (SSSR count). The van der Waals surface area contributed by atoms with Gasteiger partial charge in [-0.15, -0.1) is 0 Å². The van der Waals surface area contributed by atoms with E-state index in [1.807, 2.05) is 6.08 Å². The van der Waals surface area contributed by atoms with E-state index in [1.165, 1.54) is 5.57 Å². The molecule has 2 fully saturated rings. The van der Waals surface area contributed by atoms with Crippen molar-refractivity contribution in [2.24, 2.45) is 17.3 Å². The molecule has 0 unspecified atom stereocenters. The normalized spacial score (nSPS) is 51.7. The first kappa shape index (κ1) is 12.4. The molecule has 0 radical (unpaired) electrons. The summed E-state index contributed by atoms with van der Waals surface area (Å²) in [5, 5.41) is 21.2. The van der Waals surface area contributed by atoms with Crippen molar-refractivity contribution in [1.29, 1.82) is 0 Å². The lowest BCUT2D eigenvalue weighted by Crippen LogP contribution is -2.60. The van der Waals surface area contributed by atoms with Crippen molar-refractivity contribution in [2.45, 2.75) is 45.0 Å². The number of aliphatic hydroxyl groups excluding tert-OH is 1. The SMILES string of the molecule is C=C1[C@@H](C)CC[C@@]2(C)[C@H]1CC=C1CO[C@@H](O)[C@@]12O. The summed E-state index contributed by atoms with van der Waals surface area (Å²) < 4.78 is 5.29. The quantitative estimate of drug-likeness (QED) is 0.647. The van der Waals surface area contributed by atoms with Gasteiger partial charge in [-0.25, -0.2) is 0 Å². The van der Waals surface area contributed by atoms with Crippen LogP contribution in [0.4, 0.5) is 0 Å². The average Bonchev–Trinajstić information content (AvgIpc) is 2.64. The highest BCUT2D eigenvalue weighted by atomic mass is 16.6. The van der Waals surface area contributed by atoms with Crippen molar-refractivity contribution >= 4 is 0 Å². The highest BCUT2D eigenvalue weighted by Crippen LogP contribution is 2.60. The van der Waals surface area contributed by atoms with Crippen LogP contribution in [0.25, 0.3) is 0 Å². The predicted molar refractivity (Wildman–Crippen MR) is 68.7 cm³/mol. The van der Waals surface area contributed by atoms with E-state index in [-0.39, 0.29) is 11.3 Å². The molecule has 0 bridgehead atoms. The lowest BCUT2D eigenvalue weighted by molar-refractivity contribution is -0.214. The van der Waals surface area contributed by atoms with Gasteiger partial charge in [-0.05, 0) is 36.7 Å². The second-order valence-corrected chi connectivity index (χ2v) is 6.38. The van der Waals surface area contributed by atoms with E-state index in [2.05, 4.69) is 20.4 Å². The number of ether oxygens (including phenoxy) is 1. The summed E-state index contributed by atoms with van der Waals surface area (Å²) in [5.41, 5.74) is 0.498. The van der Waals surface area contributed by atoms with Crippen LogP contribution in [0.2, 0.25) is 0 Å². The molecule has 3 heteroatoms. The molecule has 1 aliphatic heterocycles. The largest absolute Gasteiger partial charge is 0.379 e. The van der Waals surface area contributed by atoms with Gasteiger partial charge in [0.15, 0.2) is 6.29 Å². The summed E-state index contributed by atoms with van der Waals surface area (Å²) in [4.78, 5) is 0. The molecule has 3 nitrogen and oxygen atoms in total. The van der Waals surface area contributed by atoms with E-state index < -0.39 is 11.9 Å². The Morgan fingerprint density at radius 3 is 2.94 bits per heavy atom. The summed E-state index contributed by atoms with van der Waals surface area (Å²) in [6.45, 7) is 8.87. The Bertz CT molecular complexity index is 427. The lowest BCUT2D eigenvalue weighted by atomic mass is 9.51. The first-order valence-electron chi connectivity index (χ1n) is 6.81. The van der Waals surface area contributed by atoms with E-state index in [1.54, 1.807) is 0 Å². The average molecular weight is 250 g/mol. The van der Waals surface area contributed by atoms with E-state index in [9.17, 15) is 10.2 Å². The maximum absolute atomic E-state index is 11.1. The number of aliphatic hydroxyl groups is 2. The van der Waals surface area contributed by atoms with Gasteiger partial charge in [-0.1, -0.05) is 32.1 Å². The molecular weight excluding hydrogens is 228 g/mol. The molecule has 0 aromatic heterocycles. The monoisotopic (exact) mass is 250 g/mol. The first-order valence-corrected chi connectivity index (χ1v) is 6.81. The summed E-state index contributed by atoms with van der Waals surface area (Å²) in [7, 11) is 0. The number of hydrogen-bond donors (Lipinski definition) is 2. The van der Waals surface area contributed by atoms with Crippen LogP contribution in [0.5, 0.6) is 0 Å². The third-order valence-corrected chi connectivity index (χ3v) is 5.66. The van der Waals surface area contributed by atoms with Crippen molar-refractivity contribution in [2.75, 3.05) is 6.61 Å². The van der Waals surface area contributed by atoms with Gasteiger partial charge in [0.05, 0.1) is 6.61 Å². The zero-order chi connectivity index (χ0) is 13.1. The minimum atomic E-state index is -1.22. The van der Waals surface area contributed by atoms with Crippen LogP contribution in [0.1, 0.15) is 33.1 Å². The van der Waals surface area contributed by atoms with Gasteiger partial charge in [0.25, 0.3) is 0 Å². The molecule has 0 aromatic carbocycles. The molecule has 1 heterocycles. The Hall–Kier alpha value is -0.640. The van der Waals surface area contributed by atoms with Crippen molar-refractivity contribution in [3.63, 3.8) is 0 Å². The van der Waals surface area contributed by atoms with E-state index >= 15 is 0 Å². The smallest absolute Gasteiger partial charge is 0.188 e. The van der Waals surface area contributed by atoms with Crippen molar-refractivity contribution in [3.8, 4) is 0 Å². The standard InChI is InChI=1S/C15H22O3/c1-9-6-7-14(3)12(10(9)2)5-4-11-8-18-13(16)15(11,14)17/h4,9,12-13,16-17H,2,5-8H2,1,3H3/t9-,12-,13+,14-,15-/m0/s1. The minimum Gasteiger partial charge on any atom is -0.379 e. The van der Waals surface area contributed by atoms with Crippen LogP contribution in [-0.2, 0) is 4.74 Å². The van der Waals surface area contributed by atoms with Crippen LogP contribution < -0.4 is 0 Å². The van der Waals surface area contributed by atoms with Crippen LogP contribution in [-0.4, -0.2) is 28.7 Å². The van der Waals surface area contributed by atoms with E-state index in [0.29, 0.717) is 12.5 Å². The Labute approximate surface area is 108 Å². The van der Waals surface area contributed by atoms with Crippen molar-refractivity contribution in [3.05, 3.63) is 23.8 Å². The third-order valence-electron chi connectivity index (χ3n) is 5.66. The topological polar surface area (TPSA) is 49.7 Å². The summed E-state index contributed by atoms with van der Waals surface area (Å²) in [6, 6.07) is 0. The number of allylic oxidation sites excluding steroid dienone is 2.